The molecule has 1 aromatic rings. The molecule has 3 saturated carbocycles. The van der Waals surface area contributed by atoms with Gasteiger partial charge in [0.2, 0.25) is 0 Å². The van der Waals surface area contributed by atoms with Crippen molar-refractivity contribution in [3.05, 3.63) is 29.3 Å². The van der Waals surface area contributed by atoms with E-state index in [2.05, 4.69) is 72.4 Å². The lowest BCUT2D eigenvalue weighted by molar-refractivity contribution is -0.344. The van der Waals surface area contributed by atoms with Crippen LogP contribution in [0.5, 0.6) is 5.75 Å². The number of aldehydes is 1. The number of carbonyl (C=O) groups excluding carboxylic acids is 1. The fraction of sp³-hybridized carbons (Fsp3) is 0.811. The summed E-state index contributed by atoms with van der Waals surface area (Å²) in [5.74, 6) is 3.69. The van der Waals surface area contributed by atoms with Crippen molar-refractivity contribution in [3.8, 4) is 5.75 Å². The van der Waals surface area contributed by atoms with E-state index in [4.69, 9.17) is 4.74 Å². The molecule has 4 aliphatic carbocycles. The first kappa shape index (κ1) is 41.2. The number of benzene rings is 1. The molecule has 0 saturated heterocycles. The van der Waals surface area contributed by atoms with Gasteiger partial charge in [0.1, 0.15) is 12.0 Å². The van der Waals surface area contributed by atoms with Crippen molar-refractivity contribution >= 4 is 17.9 Å². The predicted octanol–water partition coefficient (Wildman–Crippen LogP) is 8.31. The molecule has 0 amide bonds. The SMILES string of the molecule is CN(C)C1CCC2C3CCc4cc(OCCCN(C)C5CCCC5)ccc4C3CCC21C.CN(CC=O)CCOC(Cl)(C(F)(F)F)C(F)(F)F. The molecule has 50 heavy (non-hydrogen) atoms. The maximum absolute atomic E-state index is 12.2. The zero-order valence-electron chi connectivity index (χ0n) is 30.2. The Balaban J connectivity index is 0.000000268. The minimum Gasteiger partial charge on any atom is -0.494 e. The lowest BCUT2D eigenvalue weighted by Gasteiger charge is -2.52. The van der Waals surface area contributed by atoms with Crippen molar-refractivity contribution in [1.29, 1.82) is 0 Å². The molecule has 1 aromatic carbocycles. The Morgan fingerprint density at radius 3 is 2.22 bits per heavy atom. The van der Waals surface area contributed by atoms with E-state index in [1.165, 1.54) is 76.2 Å². The van der Waals surface area contributed by atoms with Crippen LogP contribution in [0.1, 0.15) is 88.2 Å². The van der Waals surface area contributed by atoms with E-state index < -0.39 is 24.0 Å². The van der Waals surface area contributed by atoms with Gasteiger partial charge in [-0.3, -0.25) is 4.90 Å². The van der Waals surface area contributed by atoms with Gasteiger partial charge in [-0.2, -0.15) is 26.3 Å². The van der Waals surface area contributed by atoms with Crippen molar-refractivity contribution in [2.75, 3.05) is 61.0 Å². The fourth-order valence-electron chi connectivity index (χ4n) is 9.39. The quantitative estimate of drug-likeness (QED) is 0.0879. The minimum atomic E-state index is -5.80. The molecule has 0 bridgehead atoms. The molecule has 6 nitrogen and oxygen atoms in total. The van der Waals surface area contributed by atoms with E-state index in [-0.39, 0.29) is 13.1 Å². The fourth-order valence-corrected chi connectivity index (χ4v) is 9.46. The second kappa shape index (κ2) is 17.0. The van der Waals surface area contributed by atoms with Crippen LogP contribution < -0.4 is 4.74 Å². The van der Waals surface area contributed by atoms with Gasteiger partial charge in [0.25, 0.3) is 0 Å². The molecule has 0 aliphatic heterocycles. The highest BCUT2D eigenvalue weighted by molar-refractivity contribution is 6.24. The molecular formula is C37H56ClF6N3O3. The average Bonchev–Trinajstić information content (AvgIpc) is 3.70. The van der Waals surface area contributed by atoms with Crippen LogP contribution in [0.4, 0.5) is 26.3 Å². The highest BCUT2D eigenvalue weighted by atomic mass is 35.5. The van der Waals surface area contributed by atoms with E-state index in [9.17, 15) is 31.1 Å². The summed E-state index contributed by atoms with van der Waals surface area (Å²) < 4.78 is 83.3. The number of hydrogen-bond donors (Lipinski definition) is 0. The van der Waals surface area contributed by atoms with Crippen LogP contribution in [-0.2, 0) is 16.0 Å². The van der Waals surface area contributed by atoms with E-state index in [1.807, 2.05) is 0 Å². The number of carbonyl (C=O) groups is 1. The van der Waals surface area contributed by atoms with Crippen molar-refractivity contribution in [3.63, 3.8) is 0 Å². The highest BCUT2D eigenvalue weighted by Gasteiger charge is 2.72. The molecular weight excluding hydrogens is 684 g/mol. The van der Waals surface area contributed by atoms with Gasteiger partial charge >= 0.3 is 17.4 Å². The number of alkyl halides is 7. The summed E-state index contributed by atoms with van der Waals surface area (Å²) in [7, 11) is 8.23. The summed E-state index contributed by atoms with van der Waals surface area (Å²) in [6, 6.07) is 8.69. The Kier molecular flexibility index (Phi) is 14.0. The molecule has 13 heteroatoms. The van der Waals surface area contributed by atoms with Gasteiger partial charge in [-0.15, -0.1) is 0 Å². The molecule has 3 fully saturated rings. The van der Waals surface area contributed by atoms with Crippen LogP contribution in [0.15, 0.2) is 18.2 Å². The lowest BCUT2D eigenvalue weighted by atomic mass is 9.55. The summed E-state index contributed by atoms with van der Waals surface area (Å²) in [5, 5.41) is -4.73. The maximum atomic E-state index is 12.2. The number of rotatable bonds is 13. The highest BCUT2D eigenvalue weighted by Crippen LogP contribution is 2.61. The Morgan fingerprint density at radius 1 is 0.920 bits per heavy atom. The molecule has 0 spiro atoms. The van der Waals surface area contributed by atoms with Gasteiger partial charge < -0.3 is 24.1 Å². The maximum Gasteiger partial charge on any atom is 0.441 e. The topological polar surface area (TPSA) is 45.2 Å². The Hall–Kier alpha value is -1.60. The van der Waals surface area contributed by atoms with Crippen LogP contribution >= 0.6 is 11.6 Å². The first-order valence-corrected chi connectivity index (χ1v) is 18.5. The Bertz CT molecular complexity index is 1230. The third-order valence-electron chi connectivity index (χ3n) is 12.0. The van der Waals surface area contributed by atoms with E-state index in [1.54, 1.807) is 11.1 Å². The van der Waals surface area contributed by atoms with E-state index >= 15 is 0 Å². The normalized spacial score (nSPS) is 27.2. The Labute approximate surface area is 299 Å². The summed E-state index contributed by atoms with van der Waals surface area (Å²) in [6.45, 7) is 3.24. The molecule has 5 unspecified atom stereocenters. The number of hydrogen-bond acceptors (Lipinski definition) is 6. The molecule has 0 radical (unpaired) electrons. The number of aryl methyl sites for hydroxylation is 1. The molecule has 0 heterocycles. The second-order valence-corrected chi connectivity index (χ2v) is 15.9. The summed E-state index contributed by atoms with van der Waals surface area (Å²) in [4.78, 5) is 16.3. The first-order chi connectivity index (χ1) is 23.4. The summed E-state index contributed by atoms with van der Waals surface area (Å²) >= 11 is 4.49. The Morgan fingerprint density at radius 2 is 1.60 bits per heavy atom. The minimum absolute atomic E-state index is 0.142. The van der Waals surface area contributed by atoms with E-state index in [0.717, 1.165) is 55.2 Å². The van der Waals surface area contributed by atoms with Gasteiger partial charge in [0.15, 0.2) is 0 Å². The third-order valence-corrected chi connectivity index (χ3v) is 12.6. The van der Waals surface area contributed by atoms with Crippen LogP contribution in [0, 0.1) is 17.3 Å². The van der Waals surface area contributed by atoms with Crippen molar-refractivity contribution in [1.82, 2.24) is 14.7 Å². The number of halogens is 7. The molecule has 5 rings (SSSR count). The molecule has 0 N–H and O–H groups in total. The van der Waals surface area contributed by atoms with E-state index in [0.29, 0.717) is 11.7 Å². The van der Waals surface area contributed by atoms with Crippen LogP contribution in [-0.4, -0.2) is 112 Å². The van der Waals surface area contributed by atoms with Crippen molar-refractivity contribution < 1.29 is 40.6 Å². The third kappa shape index (κ3) is 9.30. The average molecular weight is 740 g/mol. The zero-order chi connectivity index (χ0) is 36.9. The smallest absolute Gasteiger partial charge is 0.441 e. The molecule has 0 aromatic heterocycles. The number of likely N-dealkylation sites (N-methyl/N-ethyl adjacent to an activating group) is 1. The molecule has 286 valence electrons. The van der Waals surface area contributed by atoms with Gasteiger partial charge in [0, 0.05) is 25.2 Å². The van der Waals surface area contributed by atoms with Crippen LogP contribution in [0.25, 0.3) is 0 Å². The van der Waals surface area contributed by atoms with Gasteiger partial charge in [-0.05, 0) is 132 Å². The first-order valence-electron chi connectivity index (χ1n) is 18.1. The second-order valence-electron chi connectivity index (χ2n) is 15.4. The van der Waals surface area contributed by atoms with Gasteiger partial charge in [-0.25, -0.2) is 0 Å². The number of ether oxygens (including phenoxy) is 2. The molecule has 4 aliphatic rings. The zero-order valence-corrected chi connectivity index (χ0v) is 31.0. The monoisotopic (exact) mass is 739 g/mol. The standard InChI is InChI=1S/C29H46N2O.C8H10ClF6NO2/c1-29-17-16-25-24-13-11-23(32-19-7-18-31(4)22-8-5-6-9-22)20-21(24)10-12-26(25)27(29)14-15-28(29)30(2)3;1-16(2-4-17)3-5-18-6(9,7(10,11)12)8(13,14)15/h11,13,20,22,25-28H,5-10,12,14-19H2,1-4H3;4H,2-3,5H2,1H3. The molecule has 5 atom stereocenters. The summed E-state index contributed by atoms with van der Waals surface area (Å²) in [5.41, 5.74) is 3.76. The van der Waals surface area contributed by atoms with Crippen molar-refractivity contribution in [2.24, 2.45) is 17.3 Å². The summed E-state index contributed by atoms with van der Waals surface area (Å²) in [6.07, 6.45) is 3.83. The number of fused-ring (bicyclic) bond motifs is 5. The van der Waals surface area contributed by atoms with Gasteiger partial charge in [-0.1, -0.05) is 37.4 Å². The largest absolute Gasteiger partial charge is 0.494 e. The van der Waals surface area contributed by atoms with Crippen LogP contribution in [0.3, 0.4) is 0 Å². The van der Waals surface area contributed by atoms with Gasteiger partial charge in [0.05, 0.1) is 19.8 Å². The number of nitrogens with zero attached hydrogens (tertiary/aromatic N) is 3. The lowest BCUT2D eigenvalue weighted by Crippen LogP contribution is -2.55. The predicted molar refractivity (Wildman–Crippen MR) is 184 cm³/mol. The van der Waals surface area contributed by atoms with Crippen LogP contribution in [0.2, 0.25) is 0 Å². The van der Waals surface area contributed by atoms with Crippen molar-refractivity contribution in [2.45, 2.75) is 113 Å².